The molecule has 4 aromatic rings. The van der Waals surface area contributed by atoms with Crippen LogP contribution in [0, 0.1) is 17.0 Å². The molecule has 236 valence electrons. The highest BCUT2D eigenvalue weighted by atomic mass is 19.1. The zero-order chi connectivity index (χ0) is 32.0. The second kappa shape index (κ2) is 11.7. The Balaban J connectivity index is 1.18. The van der Waals surface area contributed by atoms with E-state index < -0.39 is 11.6 Å². The molecular formula is C36H34F2N4O4. The summed E-state index contributed by atoms with van der Waals surface area (Å²) in [5, 5.41) is 3.27. The lowest BCUT2D eigenvalue weighted by Crippen LogP contribution is -2.39. The number of carbonyl (C=O) groups is 2. The molecule has 1 aliphatic carbocycles. The van der Waals surface area contributed by atoms with Gasteiger partial charge in [-0.1, -0.05) is 6.07 Å². The van der Waals surface area contributed by atoms with E-state index in [1.54, 1.807) is 55.5 Å². The van der Waals surface area contributed by atoms with Crippen molar-refractivity contribution in [2.24, 2.45) is 5.41 Å². The first-order valence-electron chi connectivity index (χ1n) is 15.4. The van der Waals surface area contributed by atoms with Gasteiger partial charge in [0.2, 0.25) is 0 Å². The number of hydrogen-bond donors (Lipinski definition) is 1. The average Bonchev–Trinajstić information content (AvgIpc) is 3.74. The number of amides is 2. The van der Waals surface area contributed by atoms with E-state index in [4.69, 9.17) is 9.47 Å². The van der Waals surface area contributed by atoms with Crippen molar-refractivity contribution in [2.75, 3.05) is 32.6 Å². The summed E-state index contributed by atoms with van der Waals surface area (Å²) in [6, 6.07) is 17.6. The Labute approximate surface area is 265 Å². The third-order valence-electron chi connectivity index (χ3n) is 9.49. The van der Waals surface area contributed by atoms with Crippen LogP contribution < -0.4 is 14.8 Å². The van der Waals surface area contributed by atoms with Crippen LogP contribution in [0.1, 0.15) is 57.7 Å². The van der Waals surface area contributed by atoms with Gasteiger partial charge in [-0.2, -0.15) is 0 Å². The van der Waals surface area contributed by atoms with Crippen LogP contribution in [0.2, 0.25) is 0 Å². The van der Waals surface area contributed by atoms with Crippen LogP contribution in [-0.4, -0.2) is 53.9 Å². The summed E-state index contributed by atoms with van der Waals surface area (Å²) in [5.74, 6) is -0.601. The van der Waals surface area contributed by atoms with E-state index >= 15 is 0 Å². The Morgan fingerprint density at radius 3 is 2.28 bits per heavy atom. The lowest BCUT2D eigenvalue weighted by molar-refractivity contribution is 0.0678. The molecule has 7 rings (SSSR count). The fourth-order valence-electron chi connectivity index (χ4n) is 6.54. The number of fused-ring (bicyclic) bond motifs is 1. The number of rotatable bonds is 8. The van der Waals surface area contributed by atoms with Crippen molar-refractivity contribution in [1.29, 1.82) is 0 Å². The molecule has 0 unspecified atom stereocenters. The number of piperidine rings is 1. The van der Waals surface area contributed by atoms with Gasteiger partial charge in [0.25, 0.3) is 11.8 Å². The largest absolute Gasteiger partial charge is 0.497 e. The molecule has 1 aromatic heterocycles. The molecule has 10 heteroatoms. The number of pyridine rings is 1. The standard InChI is InChI=1S/C36H34F2N4O4/c1-45-25-11-8-23(31(18-25)46-2)20-42-21-30-33(35(42)44)29(19-28(40-30)32-26(37)4-3-5-27(32)38)39-24-9-6-22(7-10-24)34(43)41-16-14-36(12-13-36)15-17-41/h3-11,18-19H,12-17,20-21H2,1-2H3,(H,39,40). The Morgan fingerprint density at radius 2 is 1.63 bits per heavy atom. The smallest absolute Gasteiger partial charge is 0.258 e. The highest BCUT2D eigenvalue weighted by Gasteiger charge is 2.45. The van der Waals surface area contributed by atoms with Crippen LogP contribution in [0.15, 0.2) is 66.7 Å². The zero-order valence-electron chi connectivity index (χ0n) is 25.7. The van der Waals surface area contributed by atoms with Crippen LogP contribution in [0.5, 0.6) is 11.5 Å². The predicted octanol–water partition coefficient (Wildman–Crippen LogP) is 6.96. The van der Waals surface area contributed by atoms with Gasteiger partial charge in [0.15, 0.2) is 0 Å². The minimum Gasteiger partial charge on any atom is -0.497 e. The lowest BCUT2D eigenvalue weighted by Gasteiger charge is -2.32. The molecule has 0 radical (unpaired) electrons. The Morgan fingerprint density at radius 1 is 0.913 bits per heavy atom. The zero-order valence-corrected chi connectivity index (χ0v) is 25.7. The summed E-state index contributed by atoms with van der Waals surface area (Å²) >= 11 is 0. The van der Waals surface area contributed by atoms with E-state index in [0.717, 1.165) is 31.5 Å². The Kier molecular flexibility index (Phi) is 7.58. The van der Waals surface area contributed by atoms with Gasteiger partial charge in [-0.05, 0) is 85.7 Å². The average molecular weight is 625 g/mol. The number of carbonyl (C=O) groups excluding carboxylic acids is 2. The van der Waals surface area contributed by atoms with E-state index in [2.05, 4.69) is 10.3 Å². The van der Waals surface area contributed by atoms with E-state index in [0.29, 0.717) is 45.1 Å². The van der Waals surface area contributed by atoms with Gasteiger partial charge in [0.1, 0.15) is 23.1 Å². The van der Waals surface area contributed by atoms with Crippen LogP contribution in [-0.2, 0) is 13.1 Å². The van der Waals surface area contributed by atoms with Crippen molar-refractivity contribution in [3.63, 3.8) is 0 Å². The van der Waals surface area contributed by atoms with Crippen molar-refractivity contribution in [2.45, 2.75) is 38.8 Å². The first kappa shape index (κ1) is 29.7. The van der Waals surface area contributed by atoms with Gasteiger partial charge >= 0.3 is 0 Å². The molecule has 0 atom stereocenters. The van der Waals surface area contributed by atoms with Gasteiger partial charge in [-0.25, -0.2) is 13.8 Å². The molecule has 2 amide bonds. The van der Waals surface area contributed by atoms with Crippen molar-refractivity contribution < 1.29 is 27.8 Å². The van der Waals surface area contributed by atoms with Crippen molar-refractivity contribution >= 4 is 23.2 Å². The van der Waals surface area contributed by atoms with E-state index in [-0.39, 0.29) is 36.2 Å². The molecule has 1 saturated heterocycles. The van der Waals surface area contributed by atoms with E-state index in [1.807, 2.05) is 11.0 Å². The second-order valence-corrected chi connectivity index (χ2v) is 12.3. The molecule has 1 spiro atoms. The summed E-state index contributed by atoms with van der Waals surface area (Å²) < 4.78 is 40.7. The SMILES string of the molecule is COc1ccc(CN2Cc3nc(-c4c(F)cccc4F)cc(Nc4ccc(C(=O)N5CCC6(CC5)CC6)cc4)c3C2=O)c(OC)c1. The molecule has 3 heterocycles. The van der Waals surface area contributed by atoms with E-state index in [9.17, 15) is 18.4 Å². The minimum absolute atomic E-state index is 0.00365. The lowest BCUT2D eigenvalue weighted by atomic mass is 9.93. The van der Waals surface area contributed by atoms with Crippen LogP contribution in [0.3, 0.4) is 0 Å². The molecular weight excluding hydrogens is 590 g/mol. The third-order valence-corrected chi connectivity index (χ3v) is 9.49. The van der Waals surface area contributed by atoms with Gasteiger partial charge in [-0.3, -0.25) is 9.59 Å². The maximum atomic E-state index is 14.9. The monoisotopic (exact) mass is 624 g/mol. The molecule has 1 N–H and O–H groups in total. The predicted molar refractivity (Wildman–Crippen MR) is 169 cm³/mol. The van der Waals surface area contributed by atoms with Gasteiger partial charge in [0, 0.05) is 36.0 Å². The van der Waals surface area contributed by atoms with Crippen molar-refractivity contribution in [1.82, 2.24) is 14.8 Å². The number of aromatic nitrogens is 1. The van der Waals surface area contributed by atoms with E-state index in [1.165, 1.54) is 37.1 Å². The molecule has 3 aliphatic rings. The van der Waals surface area contributed by atoms with Crippen LogP contribution in [0.4, 0.5) is 20.2 Å². The number of hydrogen-bond acceptors (Lipinski definition) is 6. The first-order chi connectivity index (χ1) is 22.3. The summed E-state index contributed by atoms with van der Waals surface area (Å²) in [5.41, 5.74) is 3.31. The maximum Gasteiger partial charge on any atom is 0.258 e. The summed E-state index contributed by atoms with van der Waals surface area (Å²) in [6.45, 7) is 1.91. The topological polar surface area (TPSA) is 84.0 Å². The first-order valence-corrected chi connectivity index (χ1v) is 15.4. The molecule has 2 aliphatic heterocycles. The quantitative estimate of drug-likeness (QED) is 0.228. The normalized spacial score (nSPS) is 16.4. The van der Waals surface area contributed by atoms with Crippen LogP contribution in [0.25, 0.3) is 11.3 Å². The third kappa shape index (κ3) is 5.52. The van der Waals surface area contributed by atoms with Gasteiger partial charge in [-0.15, -0.1) is 0 Å². The number of methoxy groups -OCH3 is 2. The Bertz CT molecular complexity index is 1810. The molecule has 3 aromatic carbocycles. The fraction of sp³-hybridized carbons (Fsp3) is 0.306. The molecule has 1 saturated carbocycles. The molecule has 46 heavy (non-hydrogen) atoms. The van der Waals surface area contributed by atoms with Crippen LogP contribution >= 0.6 is 0 Å². The minimum atomic E-state index is -0.754. The van der Waals surface area contributed by atoms with Crippen molar-refractivity contribution in [3.8, 4) is 22.8 Å². The molecule has 2 fully saturated rings. The highest BCUT2D eigenvalue weighted by Crippen LogP contribution is 2.53. The maximum absolute atomic E-state index is 14.9. The number of benzene rings is 3. The number of ether oxygens (including phenoxy) is 2. The Hall–Kier alpha value is -4.99. The fourth-order valence-corrected chi connectivity index (χ4v) is 6.54. The summed E-state index contributed by atoms with van der Waals surface area (Å²) in [6.07, 6.45) is 4.67. The number of nitrogens with one attached hydrogen (secondary N) is 1. The van der Waals surface area contributed by atoms with Crippen molar-refractivity contribution in [3.05, 3.63) is 101 Å². The molecule has 0 bridgehead atoms. The summed E-state index contributed by atoms with van der Waals surface area (Å²) in [7, 11) is 3.11. The number of halogens is 2. The number of anilines is 2. The number of nitrogens with zero attached hydrogens (tertiary/aromatic N) is 3. The number of likely N-dealkylation sites (tertiary alicyclic amines) is 1. The highest BCUT2D eigenvalue weighted by molar-refractivity contribution is 6.04. The second-order valence-electron chi connectivity index (χ2n) is 12.3. The van der Waals surface area contributed by atoms with Gasteiger partial charge in [0.05, 0.1) is 55.5 Å². The molecule has 8 nitrogen and oxygen atoms in total. The summed E-state index contributed by atoms with van der Waals surface area (Å²) in [4.78, 5) is 35.2. The van der Waals surface area contributed by atoms with Gasteiger partial charge < -0.3 is 24.6 Å².